The number of methoxy groups -OCH3 is 1. The lowest BCUT2D eigenvalue weighted by atomic mass is 10.1. The molecule has 3 N–H and O–H groups in total. The highest BCUT2D eigenvalue weighted by Gasteiger charge is 2.19. The molecule has 0 unspecified atom stereocenters. The molecule has 9 heteroatoms. The van der Waals surface area contributed by atoms with Gasteiger partial charge in [-0.3, -0.25) is 4.79 Å². The van der Waals surface area contributed by atoms with Gasteiger partial charge in [0.25, 0.3) is 5.56 Å². The number of quaternary nitrogens is 1. The number of anilines is 1. The Morgan fingerprint density at radius 2 is 2.03 bits per heavy atom. The number of rotatable bonds is 8. The zero-order chi connectivity index (χ0) is 23.9. The Labute approximate surface area is 203 Å². The molecule has 2 aromatic carbocycles. The largest absolute Gasteiger partial charge is 0.497 e. The number of aromatic nitrogens is 1. The van der Waals surface area contributed by atoms with Crippen LogP contribution in [0.1, 0.15) is 12.0 Å². The van der Waals surface area contributed by atoms with Gasteiger partial charge in [-0.05, 0) is 42.5 Å². The molecule has 1 aliphatic heterocycles. The lowest BCUT2D eigenvalue weighted by molar-refractivity contribution is -0.908. The molecule has 8 nitrogen and oxygen atoms in total. The van der Waals surface area contributed by atoms with Gasteiger partial charge in [0.2, 0.25) is 0 Å². The number of fused-ring (bicyclic) bond motifs is 1. The molecule has 2 amide bonds. The standard InChI is InChI=1S/C25H29ClN4O4/c1-33-22-6-7-23-18(15-22)14-19(24(31)28-23)17-30(9-3-8-29-10-12-34-13-11-29)25(32)27-21-5-2-4-20(26)16-21/h2,4-7,14-16H,3,8-13,17H2,1H3,(H,27,32)(H,28,31)/p+1. The number of morpholine rings is 1. The summed E-state index contributed by atoms with van der Waals surface area (Å²) >= 11 is 6.07. The Kier molecular flexibility index (Phi) is 8.05. The highest BCUT2D eigenvalue weighted by Crippen LogP contribution is 2.20. The quantitative estimate of drug-likeness (QED) is 0.457. The molecule has 180 valence electrons. The zero-order valence-corrected chi connectivity index (χ0v) is 20.0. The van der Waals surface area contributed by atoms with E-state index < -0.39 is 0 Å². The molecular formula is C25H30ClN4O4+. The van der Waals surface area contributed by atoms with E-state index in [9.17, 15) is 9.59 Å². The van der Waals surface area contributed by atoms with Gasteiger partial charge < -0.3 is 29.6 Å². The second kappa shape index (κ2) is 11.4. The number of H-pyrrole nitrogens is 1. The van der Waals surface area contributed by atoms with E-state index in [0.29, 0.717) is 28.6 Å². The van der Waals surface area contributed by atoms with Crippen molar-refractivity contribution in [1.82, 2.24) is 9.88 Å². The van der Waals surface area contributed by atoms with Gasteiger partial charge in [-0.25, -0.2) is 4.79 Å². The minimum absolute atomic E-state index is 0.188. The van der Waals surface area contributed by atoms with Gasteiger partial charge in [0.05, 0.1) is 33.4 Å². The minimum atomic E-state index is -0.274. The van der Waals surface area contributed by atoms with Gasteiger partial charge in [0.1, 0.15) is 18.8 Å². The Bertz CT molecular complexity index is 1190. The molecule has 1 aromatic heterocycles. The first-order valence-electron chi connectivity index (χ1n) is 11.4. The normalized spacial score (nSPS) is 14.2. The number of nitrogens with one attached hydrogen (secondary N) is 3. The average Bonchev–Trinajstić information content (AvgIpc) is 2.84. The fourth-order valence-corrected chi connectivity index (χ4v) is 4.32. The number of hydrogen-bond acceptors (Lipinski definition) is 4. The van der Waals surface area contributed by atoms with E-state index in [2.05, 4.69) is 10.3 Å². The van der Waals surface area contributed by atoms with E-state index in [1.54, 1.807) is 42.3 Å². The van der Waals surface area contributed by atoms with Crippen molar-refractivity contribution in [3.8, 4) is 5.75 Å². The molecule has 0 aliphatic carbocycles. The summed E-state index contributed by atoms with van der Waals surface area (Å²) in [6.07, 6.45) is 0.817. The molecule has 0 bridgehead atoms. The summed E-state index contributed by atoms with van der Waals surface area (Å²) in [6, 6.07) is 14.1. The number of aromatic amines is 1. The Balaban J connectivity index is 1.53. The van der Waals surface area contributed by atoms with E-state index in [1.807, 2.05) is 18.2 Å². The molecule has 0 radical (unpaired) electrons. The monoisotopic (exact) mass is 485 g/mol. The van der Waals surface area contributed by atoms with Crippen LogP contribution in [0, 0.1) is 0 Å². The number of halogens is 1. The number of nitrogens with zero attached hydrogens (tertiary/aromatic N) is 1. The summed E-state index contributed by atoms with van der Waals surface area (Å²) in [7, 11) is 1.60. The van der Waals surface area contributed by atoms with Gasteiger partial charge in [0, 0.05) is 40.1 Å². The van der Waals surface area contributed by atoms with Crippen LogP contribution in [0.4, 0.5) is 10.5 Å². The Morgan fingerprint density at radius 3 is 2.79 bits per heavy atom. The Morgan fingerprint density at radius 1 is 1.21 bits per heavy atom. The first-order valence-corrected chi connectivity index (χ1v) is 11.8. The lowest BCUT2D eigenvalue weighted by Gasteiger charge is -2.26. The zero-order valence-electron chi connectivity index (χ0n) is 19.2. The summed E-state index contributed by atoms with van der Waals surface area (Å²) in [5, 5.41) is 4.30. The molecular weight excluding hydrogens is 456 g/mol. The van der Waals surface area contributed by atoms with Gasteiger partial charge in [0.15, 0.2) is 0 Å². The van der Waals surface area contributed by atoms with E-state index >= 15 is 0 Å². The highest BCUT2D eigenvalue weighted by molar-refractivity contribution is 6.30. The van der Waals surface area contributed by atoms with Crippen LogP contribution < -0.4 is 20.5 Å². The van der Waals surface area contributed by atoms with Crippen molar-refractivity contribution >= 4 is 34.2 Å². The predicted molar refractivity (Wildman–Crippen MR) is 133 cm³/mol. The van der Waals surface area contributed by atoms with Crippen LogP contribution in [0.15, 0.2) is 53.3 Å². The first-order chi connectivity index (χ1) is 16.5. The van der Waals surface area contributed by atoms with Crippen LogP contribution in [0.25, 0.3) is 10.9 Å². The van der Waals surface area contributed by atoms with Crippen molar-refractivity contribution in [2.24, 2.45) is 0 Å². The third kappa shape index (κ3) is 6.28. The molecule has 34 heavy (non-hydrogen) atoms. The number of ether oxygens (including phenoxy) is 2. The molecule has 4 rings (SSSR count). The number of benzene rings is 2. The summed E-state index contributed by atoms with van der Waals surface area (Å²) in [5.74, 6) is 0.703. The maximum atomic E-state index is 13.2. The van der Waals surface area contributed by atoms with E-state index in [0.717, 1.165) is 50.2 Å². The number of amides is 2. The summed E-state index contributed by atoms with van der Waals surface area (Å²) in [5.41, 5.74) is 1.64. The third-order valence-corrected chi connectivity index (χ3v) is 6.25. The van der Waals surface area contributed by atoms with Crippen LogP contribution in [-0.2, 0) is 11.3 Å². The summed E-state index contributed by atoms with van der Waals surface area (Å²) < 4.78 is 10.7. The van der Waals surface area contributed by atoms with Gasteiger partial charge in [-0.15, -0.1) is 0 Å². The predicted octanol–water partition coefficient (Wildman–Crippen LogP) is 2.53. The first kappa shape index (κ1) is 24.1. The van der Waals surface area contributed by atoms with Crippen molar-refractivity contribution in [3.05, 3.63) is 69.5 Å². The number of urea groups is 1. The van der Waals surface area contributed by atoms with Gasteiger partial charge in [-0.2, -0.15) is 0 Å². The lowest BCUT2D eigenvalue weighted by Crippen LogP contribution is -3.14. The minimum Gasteiger partial charge on any atom is -0.497 e. The van der Waals surface area contributed by atoms with E-state index in [4.69, 9.17) is 21.1 Å². The molecule has 1 aliphatic rings. The van der Waals surface area contributed by atoms with Gasteiger partial charge >= 0.3 is 6.03 Å². The maximum Gasteiger partial charge on any atom is 0.322 e. The van der Waals surface area contributed by atoms with Crippen LogP contribution in [-0.4, -0.2) is 62.4 Å². The molecule has 3 aromatic rings. The Hall–Kier alpha value is -3.07. The van der Waals surface area contributed by atoms with Crippen LogP contribution in [0.2, 0.25) is 5.02 Å². The topological polar surface area (TPSA) is 88.1 Å². The fraction of sp³-hybridized carbons (Fsp3) is 0.360. The molecule has 1 saturated heterocycles. The molecule has 1 fully saturated rings. The number of carbonyl (C=O) groups excluding carboxylic acids is 1. The third-order valence-electron chi connectivity index (χ3n) is 6.01. The van der Waals surface area contributed by atoms with Crippen molar-refractivity contribution in [3.63, 3.8) is 0 Å². The molecule has 0 spiro atoms. The molecule has 2 heterocycles. The second-order valence-electron chi connectivity index (χ2n) is 8.40. The van der Waals surface area contributed by atoms with Crippen molar-refractivity contribution < 1.29 is 19.2 Å². The van der Waals surface area contributed by atoms with Crippen molar-refractivity contribution in [2.45, 2.75) is 13.0 Å². The summed E-state index contributed by atoms with van der Waals surface area (Å²) in [6.45, 7) is 5.13. The van der Waals surface area contributed by atoms with Gasteiger partial charge in [-0.1, -0.05) is 17.7 Å². The SMILES string of the molecule is COc1ccc2[nH]c(=O)c(CN(CCC[NH+]3CCOCC3)C(=O)Nc3cccc(Cl)c3)cc2c1. The second-order valence-corrected chi connectivity index (χ2v) is 8.84. The summed E-state index contributed by atoms with van der Waals surface area (Å²) in [4.78, 5) is 32.0. The highest BCUT2D eigenvalue weighted by atomic mass is 35.5. The molecule has 0 saturated carbocycles. The van der Waals surface area contributed by atoms with Crippen LogP contribution in [0.3, 0.4) is 0 Å². The maximum absolute atomic E-state index is 13.2. The van der Waals surface area contributed by atoms with E-state index in [-0.39, 0.29) is 18.1 Å². The number of carbonyl (C=O) groups is 1. The smallest absolute Gasteiger partial charge is 0.322 e. The average molecular weight is 486 g/mol. The van der Waals surface area contributed by atoms with Crippen LogP contribution in [0.5, 0.6) is 5.75 Å². The van der Waals surface area contributed by atoms with Crippen molar-refractivity contribution in [1.29, 1.82) is 0 Å². The number of pyridine rings is 1. The fourth-order valence-electron chi connectivity index (χ4n) is 4.13. The van der Waals surface area contributed by atoms with Crippen molar-refractivity contribution in [2.75, 3.05) is 51.8 Å². The van der Waals surface area contributed by atoms with E-state index in [1.165, 1.54) is 4.90 Å². The van der Waals surface area contributed by atoms with Crippen LogP contribution >= 0.6 is 11.6 Å². The molecule has 0 atom stereocenters. The number of hydrogen-bond donors (Lipinski definition) is 3.